The number of carboxylic acid groups (broad SMARTS) is 1. The van der Waals surface area contributed by atoms with E-state index in [4.69, 9.17) is 5.11 Å². The van der Waals surface area contributed by atoms with E-state index in [1.54, 1.807) is 0 Å². The molecule has 0 unspecified atom stereocenters. The van der Waals surface area contributed by atoms with Gasteiger partial charge in [-0.25, -0.2) is 9.18 Å². The first kappa shape index (κ1) is 11.3. The largest absolute Gasteiger partial charge is 0.478 e. The Morgan fingerprint density at radius 3 is 2.62 bits per heavy atom. The van der Waals surface area contributed by atoms with Crippen LogP contribution < -0.4 is 0 Å². The molecule has 0 aliphatic carbocycles. The highest BCUT2D eigenvalue weighted by molar-refractivity contribution is 9.10. The van der Waals surface area contributed by atoms with Crippen molar-refractivity contribution in [2.24, 2.45) is 0 Å². The number of rotatable bonds is 2. The van der Waals surface area contributed by atoms with Gasteiger partial charge in [0.1, 0.15) is 5.82 Å². The Hall–Kier alpha value is -1.20. The standard InChI is InChI=1S/C11H6BrFO2S/c12-8-3-4-16-10(8)7-2-1-6(11(14)15)5-9(7)13/h1-5H,(H,14,15). The summed E-state index contributed by atoms with van der Waals surface area (Å²) in [5, 5.41) is 10.5. The molecule has 0 aliphatic rings. The summed E-state index contributed by atoms with van der Waals surface area (Å²) in [5.74, 6) is -1.65. The van der Waals surface area contributed by atoms with Gasteiger partial charge in [0.15, 0.2) is 0 Å². The summed E-state index contributed by atoms with van der Waals surface area (Å²) in [5.41, 5.74) is 0.362. The molecule has 0 radical (unpaired) electrons. The van der Waals surface area contributed by atoms with E-state index in [-0.39, 0.29) is 5.56 Å². The van der Waals surface area contributed by atoms with Crippen LogP contribution in [0, 0.1) is 5.82 Å². The predicted octanol–water partition coefficient (Wildman–Crippen LogP) is 4.01. The van der Waals surface area contributed by atoms with Gasteiger partial charge in [-0.15, -0.1) is 11.3 Å². The van der Waals surface area contributed by atoms with E-state index in [1.807, 2.05) is 11.4 Å². The first-order valence-electron chi connectivity index (χ1n) is 4.36. The first-order chi connectivity index (χ1) is 7.59. The lowest BCUT2D eigenvalue weighted by atomic mass is 10.1. The fourth-order valence-corrected chi connectivity index (χ4v) is 2.93. The number of thiophene rings is 1. The molecule has 5 heteroatoms. The highest BCUT2D eigenvalue weighted by atomic mass is 79.9. The Balaban J connectivity index is 2.52. The molecule has 0 fully saturated rings. The molecule has 0 spiro atoms. The second-order valence-electron chi connectivity index (χ2n) is 3.10. The Morgan fingerprint density at radius 1 is 1.38 bits per heavy atom. The number of aromatic carboxylic acids is 1. The summed E-state index contributed by atoms with van der Waals surface area (Å²) < 4.78 is 14.5. The van der Waals surface area contributed by atoms with Gasteiger partial charge in [0, 0.05) is 10.0 Å². The van der Waals surface area contributed by atoms with Crippen LogP contribution in [0.5, 0.6) is 0 Å². The van der Waals surface area contributed by atoms with Crippen molar-refractivity contribution in [1.29, 1.82) is 0 Å². The average Bonchev–Trinajstić information content (AvgIpc) is 2.64. The fraction of sp³-hybridized carbons (Fsp3) is 0. The molecule has 0 bridgehead atoms. The minimum atomic E-state index is -1.13. The average molecular weight is 301 g/mol. The number of benzene rings is 1. The lowest BCUT2D eigenvalue weighted by Crippen LogP contribution is -1.97. The molecule has 1 aromatic heterocycles. The molecule has 16 heavy (non-hydrogen) atoms. The molecule has 0 aliphatic heterocycles. The third kappa shape index (κ3) is 2.01. The molecule has 1 heterocycles. The van der Waals surface area contributed by atoms with Gasteiger partial charge in [-0.05, 0) is 45.6 Å². The second kappa shape index (κ2) is 4.35. The second-order valence-corrected chi connectivity index (χ2v) is 4.87. The lowest BCUT2D eigenvalue weighted by molar-refractivity contribution is 0.0696. The Morgan fingerprint density at radius 2 is 2.12 bits per heavy atom. The van der Waals surface area contributed by atoms with E-state index >= 15 is 0 Å². The van der Waals surface area contributed by atoms with Crippen molar-refractivity contribution in [2.75, 3.05) is 0 Å². The highest BCUT2D eigenvalue weighted by Crippen LogP contribution is 2.35. The van der Waals surface area contributed by atoms with E-state index in [9.17, 15) is 9.18 Å². The molecule has 2 nitrogen and oxygen atoms in total. The zero-order chi connectivity index (χ0) is 11.7. The van der Waals surface area contributed by atoms with Crippen LogP contribution in [0.2, 0.25) is 0 Å². The van der Waals surface area contributed by atoms with E-state index in [0.29, 0.717) is 5.56 Å². The van der Waals surface area contributed by atoms with Crippen molar-refractivity contribution in [1.82, 2.24) is 0 Å². The van der Waals surface area contributed by atoms with Crippen molar-refractivity contribution >= 4 is 33.2 Å². The Bertz CT molecular complexity index is 551. The summed E-state index contributed by atoms with van der Waals surface area (Å²) >= 11 is 4.71. The maximum Gasteiger partial charge on any atom is 0.335 e. The summed E-state index contributed by atoms with van der Waals surface area (Å²) in [7, 11) is 0. The predicted molar refractivity (Wildman–Crippen MR) is 64.4 cm³/mol. The quantitative estimate of drug-likeness (QED) is 0.910. The zero-order valence-electron chi connectivity index (χ0n) is 7.91. The van der Waals surface area contributed by atoms with Crippen molar-refractivity contribution in [2.45, 2.75) is 0 Å². The molecule has 2 rings (SSSR count). The summed E-state index contributed by atoms with van der Waals surface area (Å²) in [6, 6.07) is 5.73. The molecule has 0 saturated carbocycles. The van der Waals surface area contributed by atoms with Gasteiger partial charge in [0.05, 0.1) is 10.4 Å². The van der Waals surface area contributed by atoms with Crippen LogP contribution in [0.4, 0.5) is 4.39 Å². The summed E-state index contributed by atoms with van der Waals surface area (Å²) in [6.07, 6.45) is 0. The van der Waals surface area contributed by atoms with E-state index in [0.717, 1.165) is 15.4 Å². The van der Waals surface area contributed by atoms with Crippen molar-refractivity contribution in [3.63, 3.8) is 0 Å². The van der Waals surface area contributed by atoms with Gasteiger partial charge in [-0.2, -0.15) is 0 Å². The Kier molecular flexibility index (Phi) is 3.07. The lowest BCUT2D eigenvalue weighted by Gasteiger charge is -2.02. The normalized spacial score (nSPS) is 10.4. The monoisotopic (exact) mass is 300 g/mol. The van der Waals surface area contributed by atoms with Crippen LogP contribution in [0.3, 0.4) is 0 Å². The molecule has 82 valence electrons. The molecular weight excluding hydrogens is 295 g/mol. The van der Waals surface area contributed by atoms with Crippen LogP contribution in [0.15, 0.2) is 34.1 Å². The molecule has 2 aromatic rings. The summed E-state index contributed by atoms with van der Waals surface area (Å²) in [4.78, 5) is 11.4. The third-order valence-corrected chi connectivity index (χ3v) is 3.95. The minimum Gasteiger partial charge on any atom is -0.478 e. The van der Waals surface area contributed by atoms with E-state index < -0.39 is 11.8 Å². The molecule has 0 amide bonds. The van der Waals surface area contributed by atoms with E-state index in [1.165, 1.54) is 23.5 Å². The maximum absolute atomic E-state index is 13.7. The van der Waals surface area contributed by atoms with Gasteiger partial charge in [-0.1, -0.05) is 0 Å². The summed E-state index contributed by atoms with van der Waals surface area (Å²) in [6.45, 7) is 0. The smallest absolute Gasteiger partial charge is 0.335 e. The molecule has 0 saturated heterocycles. The number of carbonyl (C=O) groups is 1. The van der Waals surface area contributed by atoms with Crippen LogP contribution in [-0.4, -0.2) is 11.1 Å². The number of hydrogen-bond donors (Lipinski definition) is 1. The van der Waals surface area contributed by atoms with Crippen molar-refractivity contribution in [3.05, 3.63) is 45.5 Å². The Labute approximate surface area is 103 Å². The van der Waals surface area contributed by atoms with Gasteiger partial charge in [0.25, 0.3) is 0 Å². The van der Waals surface area contributed by atoms with Crippen molar-refractivity contribution in [3.8, 4) is 10.4 Å². The van der Waals surface area contributed by atoms with E-state index in [2.05, 4.69) is 15.9 Å². The molecule has 1 N–H and O–H groups in total. The molecule has 0 atom stereocenters. The van der Waals surface area contributed by atoms with Gasteiger partial charge in [-0.3, -0.25) is 0 Å². The number of halogens is 2. The zero-order valence-corrected chi connectivity index (χ0v) is 10.3. The minimum absolute atomic E-state index is 0.0473. The topological polar surface area (TPSA) is 37.3 Å². The van der Waals surface area contributed by atoms with Crippen molar-refractivity contribution < 1.29 is 14.3 Å². The molecular formula is C11H6BrFO2S. The van der Waals surface area contributed by atoms with Gasteiger partial charge in [0.2, 0.25) is 0 Å². The highest BCUT2D eigenvalue weighted by Gasteiger charge is 2.12. The third-order valence-electron chi connectivity index (χ3n) is 2.08. The van der Waals surface area contributed by atoms with Crippen LogP contribution in [-0.2, 0) is 0 Å². The van der Waals surface area contributed by atoms with Gasteiger partial charge >= 0.3 is 5.97 Å². The van der Waals surface area contributed by atoms with Crippen LogP contribution >= 0.6 is 27.3 Å². The van der Waals surface area contributed by atoms with Crippen LogP contribution in [0.1, 0.15) is 10.4 Å². The first-order valence-corrected chi connectivity index (χ1v) is 6.03. The fourth-order valence-electron chi connectivity index (χ4n) is 1.32. The number of carboxylic acids is 1. The van der Waals surface area contributed by atoms with Gasteiger partial charge < -0.3 is 5.11 Å². The van der Waals surface area contributed by atoms with Crippen LogP contribution in [0.25, 0.3) is 10.4 Å². The number of hydrogen-bond acceptors (Lipinski definition) is 2. The molecule has 1 aromatic carbocycles. The maximum atomic E-state index is 13.7. The SMILES string of the molecule is O=C(O)c1ccc(-c2sccc2Br)c(F)c1.